The molecule has 0 spiro atoms. The number of nitrogens with zero attached hydrogens (tertiary/aromatic N) is 1. The van der Waals surface area contributed by atoms with Crippen LogP contribution in [0.3, 0.4) is 0 Å². The Morgan fingerprint density at radius 1 is 1.67 bits per heavy atom. The predicted octanol–water partition coefficient (Wildman–Crippen LogP) is 1.36. The number of hydrogen-bond acceptors (Lipinski definition) is 4. The Balaban J connectivity index is 2.39. The van der Waals surface area contributed by atoms with Gasteiger partial charge in [0.1, 0.15) is 5.01 Å². The van der Waals surface area contributed by atoms with E-state index in [1.54, 1.807) is 7.11 Å². The largest absolute Gasteiger partial charge is 0.378 e. The highest BCUT2D eigenvalue weighted by atomic mass is 32.1. The van der Waals surface area contributed by atoms with Crippen LogP contribution in [0, 0.1) is 0 Å². The van der Waals surface area contributed by atoms with Gasteiger partial charge in [-0.3, -0.25) is 4.79 Å². The zero-order valence-electron chi connectivity index (χ0n) is 9.08. The summed E-state index contributed by atoms with van der Waals surface area (Å²) in [7, 11) is 1.63. The maximum absolute atomic E-state index is 11.4. The highest BCUT2D eigenvalue weighted by Gasteiger charge is 2.06. The van der Waals surface area contributed by atoms with Crippen molar-refractivity contribution in [2.45, 2.75) is 26.4 Å². The lowest BCUT2D eigenvalue weighted by atomic mass is 10.3. The molecule has 0 saturated heterocycles. The lowest BCUT2D eigenvalue weighted by molar-refractivity contribution is -0.120. The fraction of sp³-hybridized carbons (Fsp3) is 0.600. The van der Waals surface area contributed by atoms with Crippen LogP contribution >= 0.6 is 11.3 Å². The van der Waals surface area contributed by atoms with Gasteiger partial charge in [-0.15, -0.1) is 11.3 Å². The van der Waals surface area contributed by atoms with E-state index < -0.39 is 0 Å². The van der Waals surface area contributed by atoms with Gasteiger partial charge in [0.05, 0.1) is 18.7 Å². The van der Waals surface area contributed by atoms with Crippen LogP contribution in [0.1, 0.15) is 24.0 Å². The molecule has 4 nitrogen and oxygen atoms in total. The number of thiazole rings is 1. The minimum absolute atomic E-state index is 0.0334. The molecule has 0 unspecified atom stereocenters. The average molecular weight is 228 g/mol. The molecule has 1 heterocycles. The zero-order chi connectivity index (χ0) is 11.1. The topological polar surface area (TPSA) is 51.2 Å². The molecule has 1 aromatic rings. The monoisotopic (exact) mass is 228 g/mol. The zero-order valence-corrected chi connectivity index (χ0v) is 9.89. The molecule has 0 aliphatic carbocycles. The highest BCUT2D eigenvalue weighted by molar-refractivity contribution is 7.09. The number of nitrogens with one attached hydrogen (secondary N) is 1. The Hall–Kier alpha value is -0.940. The summed E-state index contributed by atoms with van der Waals surface area (Å²) in [4.78, 5) is 15.6. The third-order valence-corrected chi connectivity index (χ3v) is 2.65. The maximum atomic E-state index is 11.4. The second-order valence-electron chi connectivity index (χ2n) is 3.19. The summed E-state index contributed by atoms with van der Waals surface area (Å²) in [5.41, 5.74) is 0.820. The number of rotatable bonds is 6. The van der Waals surface area contributed by atoms with E-state index >= 15 is 0 Å². The van der Waals surface area contributed by atoms with Crippen molar-refractivity contribution in [1.29, 1.82) is 0 Å². The van der Waals surface area contributed by atoms with E-state index in [1.165, 1.54) is 11.3 Å². The lowest BCUT2D eigenvalue weighted by Crippen LogP contribution is -2.25. The third kappa shape index (κ3) is 4.40. The fourth-order valence-electron chi connectivity index (χ4n) is 1.11. The van der Waals surface area contributed by atoms with Crippen molar-refractivity contribution >= 4 is 17.2 Å². The molecule has 15 heavy (non-hydrogen) atoms. The number of aromatic nitrogens is 1. The summed E-state index contributed by atoms with van der Waals surface area (Å²) >= 11 is 1.52. The molecule has 1 rings (SSSR count). The molecule has 0 saturated carbocycles. The van der Waals surface area contributed by atoms with Crippen LogP contribution in [-0.4, -0.2) is 24.5 Å². The number of carbonyl (C=O) groups excluding carboxylic acids is 1. The normalized spacial score (nSPS) is 10.3. The van der Waals surface area contributed by atoms with Gasteiger partial charge in [0, 0.05) is 19.0 Å². The molecular weight excluding hydrogens is 212 g/mol. The standard InChI is InChI=1S/C10H16N2O2S/c1-3-4-11-9(13)5-8-7-15-10(12-8)6-14-2/h7H,3-6H2,1-2H3,(H,11,13). The van der Waals surface area contributed by atoms with Crippen molar-refractivity contribution in [1.82, 2.24) is 10.3 Å². The molecule has 5 heteroatoms. The quantitative estimate of drug-likeness (QED) is 0.799. The van der Waals surface area contributed by atoms with E-state index in [2.05, 4.69) is 10.3 Å². The number of amides is 1. The van der Waals surface area contributed by atoms with Crippen molar-refractivity contribution < 1.29 is 9.53 Å². The van der Waals surface area contributed by atoms with Crippen LogP contribution in [-0.2, 0) is 22.6 Å². The third-order valence-electron chi connectivity index (χ3n) is 1.78. The fourth-order valence-corrected chi connectivity index (χ4v) is 1.88. The van der Waals surface area contributed by atoms with Gasteiger partial charge in [-0.05, 0) is 6.42 Å². The van der Waals surface area contributed by atoms with Gasteiger partial charge in [0.25, 0.3) is 0 Å². The van der Waals surface area contributed by atoms with Crippen LogP contribution in [0.2, 0.25) is 0 Å². The average Bonchev–Trinajstić information content (AvgIpc) is 2.63. The van der Waals surface area contributed by atoms with Crippen molar-refractivity contribution in [3.63, 3.8) is 0 Å². The van der Waals surface area contributed by atoms with E-state index in [4.69, 9.17) is 4.74 Å². The summed E-state index contributed by atoms with van der Waals surface area (Å²) in [5, 5.41) is 5.63. The Morgan fingerprint density at radius 3 is 3.13 bits per heavy atom. The van der Waals surface area contributed by atoms with Crippen molar-refractivity contribution in [3.8, 4) is 0 Å². The number of ether oxygens (including phenoxy) is 1. The van der Waals surface area contributed by atoms with Gasteiger partial charge < -0.3 is 10.1 Å². The molecule has 1 N–H and O–H groups in total. The summed E-state index contributed by atoms with van der Waals surface area (Å²) in [5.74, 6) is 0.0334. The van der Waals surface area contributed by atoms with Gasteiger partial charge >= 0.3 is 0 Å². The Bertz CT molecular complexity index is 312. The van der Waals surface area contributed by atoms with E-state index in [1.807, 2.05) is 12.3 Å². The van der Waals surface area contributed by atoms with Crippen molar-refractivity contribution in [2.24, 2.45) is 0 Å². The van der Waals surface area contributed by atoms with Crippen LogP contribution in [0.25, 0.3) is 0 Å². The Morgan fingerprint density at radius 2 is 2.47 bits per heavy atom. The molecule has 1 amide bonds. The second kappa shape index (κ2) is 6.53. The van der Waals surface area contributed by atoms with Gasteiger partial charge in [0.15, 0.2) is 0 Å². The second-order valence-corrected chi connectivity index (χ2v) is 4.13. The van der Waals surface area contributed by atoms with Crippen LogP contribution in [0.5, 0.6) is 0 Å². The molecule has 0 radical (unpaired) electrons. The van der Waals surface area contributed by atoms with Crippen LogP contribution in [0.15, 0.2) is 5.38 Å². The highest BCUT2D eigenvalue weighted by Crippen LogP contribution is 2.10. The first kappa shape index (κ1) is 12.1. The first-order valence-electron chi connectivity index (χ1n) is 4.95. The van der Waals surface area contributed by atoms with E-state index in [-0.39, 0.29) is 5.91 Å². The molecular formula is C10H16N2O2S. The molecule has 1 aromatic heterocycles. The smallest absolute Gasteiger partial charge is 0.226 e. The molecule has 0 aromatic carbocycles. The predicted molar refractivity (Wildman–Crippen MR) is 59.8 cm³/mol. The van der Waals surface area contributed by atoms with Crippen LogP contribution < -0.4 is 5.32 Å². The van der Waals surface area contributed by atoms with E-state index in [9.17, 15) is 4.79 Å². The summed E-state index contributed by atoms with van der Waals surface area (Å²) in [6.07, 6.45) is 1.32. The van der Waals surface area contributed by atoms with Gasteiger partial charge in [-0.2, -0.15) is 0 Å². The molecule has 0 bridgehead atoms. The van der Waals surface area contributed by atoms with Crippen molar-refractivity contribution in [3.05, 3.63) is 16.1 Å². The van der Waals surface area contributed by atoms with Gasteiger partial charge in [0.2, 0.25) is 5.91 Å². The SMILES string of the molecule is CCCNC(=O)Cc1csc(COC)n1. The summed E-state index contributed by atoms with van der Waals surface area (Å²) < 4.78 is 4.96. The maximum Gasteiger partial charge on any atom is 0.226 e. The molecule has 0 atom stereocenters. The number of hydrogen-bond donors (Lipinski definition) is 1. The first-order chi connectivity index (χ1) is 7.26. The summed E-state index contributed by atoms with van der Waals surface area (Å²) in [6, 6.07) is 0. The number of carbonyl (C=O) groups is 1. The van der Waals surface area contributed by atoms with E-state index in [0.29, 0.717) is 13.0 Å². The van der Waals surface area contributed by atoms with Crippen LogP contribution in [0.4, 0.5) is 0 Å². The molecule has 0 aliphatic heterocycles. The number of methoxy groups -OCH3 is 1. The summed E-state index contributed by atoms with van der Waals surface area (Å²) in [6.45, 7) is 3.27. The molecule has 84 valence electrons. The first-order valence-corrected chi connectivity index (χ1v) is 5.83. The molecule has 0 aliphatic rings. The van der Waals surface area contributed by atoms with Gasteiger partial charge in [-0.1, -0.05) is 6.92 Å². The Kier molecular flexibility index (Phi) is 5.28. The van der Waals surface area contributed by atoms with E-state index in [0.717, 1.165) is 23.7 Å². The molecule has 0 fully saturated rings. The van der Waals surface area contributed by atoms with Gasteiger partial charge in [-0.25, -0.2) is 4.98 Å². The minimum atomic E-state index is 0.0334. The minimum Gasteiger partial charge on any atom is -0.378 e. The Labute approximate surface area is 93.7 Å². The lowest BCUT2D eigenvalue weighted by Gasteiger charge is -2.00. The van der Waals surface area contributed by atoms with Crippen molar-refractivity contribution in [2.75, 3.05) is 13.7 Å².